The predicted octanol–water partition coefficient (Wildman–Crippen LogP) is 3.08. The molecule has 0 unspecified atom stereocenters. The van der Waals surface area contributed by atoms with Gasteiger partial charge in [0.15, 0.2) is 5.82 Å². The Bertz CT molecular complexity index is 830. The molecule has 110 valence electrons. The third kappa shape index (κ3) is 2.96. The summed E-state index contributed by atoms with van der Waals surface area (Å²) in [5, 5.41) is 9.66. The number of hydrogen-bond acceptors (Lipinski definition) is 4. The van der Waals surface area contributed by atoms with Crippen molar-refractivity contribution in [1.82, 2.24) is 20.2 Å². The molecule has 0 fully saturated rings. The maximum Gasteiger partial charge on any atom is 0.259 e. The molecule has 2 aromatic heterocycles. The second kappa shape index (κ2) is 5.95. The standard InChI is InChI=1S/C15H12ClN5O/c1-9-3-2-4-10(7-9)13-18-15(21-20-13)19-14(22)11-5-6-17-8-12(11)16/h2-8H,1H3,(H2,18,19,20,21,22). The van der Waals surface area contributed by atoms with Gasteiger partial charge in [-0.25, -0.2) is 0 Å². The first-order valence-corrected chi connectivity index (χ1v) is 6.91. The number of nitrogens with one attached hydrogen (secondary N) is 2. The van der Waals surface area contributed by atoms with Crippen LogP contribution in [-0.2, 0) is 0 Å². The molecule has 1 aromatic carbocycles. The zero-order valence-electron chi connectivity index (χ0n) is 11.7. The van der Waals surface area contributed by atoms with Gasteiger partial charge in [0.05, 0.1) is 10.6 Å². The molecule has 2 N–H and O–H groups in total. The Labute approximate surface area is 131 Å². The van der Waals surface area contributed by atoms with Crippen molar-refractivity contribution in [2.45, 2.75) is 6.92 Å². The van der Waals surface area contributed by atoms with Crippen molar-refractivity contribution in [2.24, 2.45) is 0 Å². The molecule has 0 radical (unpaired) electrons. The molecule has 0 aliphatic heterocycles. The Morgan fingerprint density at radius 1 is 1.32 bits per heavy atom. The quantitative estimate of drug-likeness (QED) is 0.778. The maximum absolute atomic E-state index is 12.1. The van der Waals surface area contributed by atoms with Crippen LogP contribution in [0.5, 0.6) is 0 Å². The molecule has 0 bridgehead atoms. The van der Waals surface area contributed by atoms with Crippen molar-refractivity contribution in [3.8, 4) is 11.4 Å². The van der Waals surface area contributed by atoms with Crippen LogP contribution < -0.4 is 5.32 Å². The number of rotatable bonds is 3. The number of nitrogens with zero attached hydrogens (tertiary/aromatic N) is 3. The topological polar surface area (TPSA) is 83.6 Å². The number of hydrogen-bond donors (Lipinski definition) is 2. The van der Waals surface area contributed by atoms with E-state index < -0.39 is 0 Å². The number of pyridine rings is 1. The first-order valence-electron chi connectivity index (χ1n) is 6.54. The third-order valence-electron chi connectivity index (χ3n) is 3.02. The molecule has 2 heterocycles. The van der Waals surface area contributed by atoms with E-state index in [0.717, 1.165) is 11.1 Å². The van der Waals surface area contributed by atoms with Crippen LogP contribution in [-0.4, -0.2) is 26.1 Å². The lowest BCUT2D eigenvalue weighted by Crippen LogP contribution is -2.13. The van der Waals surface area contributed by atoms with Crippen LogP contribution in [0, 0.1) is 6.92 Å². The van der Waals surface area contributed by atoms with Crippen LogP contribution in [0.15, 0.2) is 42.7 Å². The lowest BCUT2D eigenvalue weighted by Gasteiger charge is -2.02. The molecule has 0 aliphatic carbocycles. The summed E-state index contributed by atoms with van der Waals surface area (Å²) in [5.41, 5.74) is 2.33. The molecule has 0 saturated heterocycles. The van der Waals surface area contributed by atoms with Gasteiger partial charge in [0.1, 0.15) is 0 Å². The molecule has 22 heavy (non-hydrogen) atoms. The van der Waals surface area contributed by atoms with E-state index in [1.54, 1.807) is 0 Å². The summed E-state index contributed by atoms with van der Waals surface area (Å²) in [7, 11) is 0. The van der Waals surface area contributed by atoms with E-state index in [9.17, 15) is 4.79 Å². The van der Waals surface area contributed by atoms with E-state index in [1.165, 1.54) is 18.5 Å². The lowest BCUT2D eigenvalue weighted by molar-refractivity contribution is 0.102. The van der Waals surface area contributed by atoms with Crippen molar-refractivity contribution in [3.05, 3.63) is 58.9 Å². The minimum absolute atomic E-state index is 0.189. The number of amides is 1. The summed E-state index contributed by atoms with van der Waals surface area (Å²) in [6.45, 7) is 1.99. The van der Waals surface area contributed by atoms with E-state index >= 15 is 0 Å². The average Bonchev–Trinajstić information content (AvgIpc) is 2.96. The molecule has 3 rings (SSSR count). The average molecular weight is 314 g/mol. The zero-order valence-corrected chi connectivity index (χ0v) is 12.4. The van der Waals surface area contributed by atoms with E-state index in [0.29, 0.717) is 11.4 Å². The number of anilines is 1. The molecule has 7 heteroatoms. The van der Waals surface area contributed by atoms with Gasteiger partial charge < -0.3 is 0 Å². The van der Waals surface area contributed by atoms with Crippen molar-refractivity contribution in [2.75, 3.05) is 5.32 Å². The predicted molar refractivity (Wildman–Crippen MR) is 83.8 cm³/mol. The molecule has 6 nitrogen and oxygen atoms in total. The first kappa shape index (κ1) is 14.2. The Balaban J connectivity index is 1.80. The Morgan fingerprint density at radius 2 is 2.18 bits per heavy atom. The summed E-state index contributed by atoms with van der Waals surface area (Å²) in [6.07, 6.45) is 2.91. The second-order valence-electron chi connectivity index (χ2n) is 4.69. The minimum atomic E-state index is -0.387. The van der Waals surface area contributed by atoms with Crippen LogP contribution >= 0.6 is 11.6 Å². The Kier molecular flexibility index (Phi) is 3.84. The second-order valence-corrected chi connectivity index (χ2v) is 5.09. The van der Waals surface area contributed by atoms with Crippen LogP contribution in [0.1, 0.15) is 15.9 Å². The third-order valence-corrected chi connectivity index (χ3v) is 3.32. The Hall–Kier alpha value is -2.73. The van der Waals surface area contributed by atoms with Gasteiger partial charge >= 0.3 is 0 Å². The van der Waals surface area contributed by atoms with Crippen molar-refractivity contribution in [3.63, 3.8) is 0 Å². The highest BCUT2D eigenvalue weighted by Gasteiger charge is 2.13. The monoisotopic (exact) mass is 313 g/mol. The smallest absolute Gasteiger partial charge is 0.259 e. The molecule has 0 spiro atoms. The number of aryl methyl sites for hydroxylation is 1. The highest BCUT2D eigenvalue weighted by Crippen LogP contribution is 2.18. The summed E-state index contributed by atoms with van der Waals surface area (Å²) in [5.74, 6) is 0.386. The van der Waals surface area contributed by atoms with Gasteiger partial charge in [-0.2, -0.15) is 4.98 Å². The van der Waals surface area contributed by atoms with Crippen molar-refractivity contribution >= 4 is 23.5 Å². The molecule has 0 saturated carbocycles. The van der Waals surface area contributed by atoms with Crippen LogP contribution in [0.25, 0.3) is 11.4 Å². The van der Waals surface area contributed by atoms with E-state index in [4.69, 9.17) is 11.6 Å². The van der Waals surface area contributed by atoms with Gasteiger partial charge in [-0.15, -0.1) is 5.10 Å². The lowest BCUT2D eigenvalue weighted by atomic mass is 10.1. The molecular weight excluding hydrogens is 302 g/mol. The molecule has 0 atom stereocenters. The van der Waals surface area contributed by atoms with E-state index in [-0.39, 0.29) is 16.9 Å². The number of benzene rings is 1. The van der Waals surface area contributed by atoms with E-state index in [2.05, 4.69) is 25.5 Å². The highest BCUT2D eigenvalue weighted by molar-refractivity contribution is 6.34. The number of carbonyl (C=O) groups excluding carboxylic acids is 1. The number of halogens is 1. The van der Waals surface area contributed by atoms with Crippen molar-refractivity contribution in [1.29, 1.82) is 0 Å². The minimum Gasteiger partial charge on any atom is -0.289 e. The SMILES string of the molecule is Cc1cccc(-c2nc(NC(=O)c3ccncc3Cl)n[nH]2)c1. The number of aromatic amines is 1. The summed E-state index contributed by atoms with van der Waals surface area (Å²) >= 11 is 5.93. The summed E-state index contributed by atoms with van der Waals surface area (Å²) in [4.78, 5) is 20.2. The normalized spacial score (nSPS) is 10.5. The van der Waals surface area contributed by atoms with Crippen LogP contribution in [0.3, 0.4) is 0 Å². The zero-order chi connectivity index (χ0) is 15.5. The van der Waals surface area contributed by atoms with Gasteiger partial charge in [-0.1, -0.05) is 35.4 Å². The number of H-pyrrole nitrogens is 1. The fraction of sp³-hybridized carbons (Fsp3) is 0.0667. The van der Waals surface area contributed by atoms with Gasteiger partial charge in [0.25, 0.3) is 5.91 Å². The Morgan fingerprint density at radius 3 is 2.95 bits per heavy atom. The van der Waals surface area contributed by atoms with Crippen LogP contribution in [0.2, 0.25) is 5.02 Å². The van der Waals surface area contributed by atoms with E-state index in [1.807, 2.05) is 31.2 Å². The first-order chi connectivity index (χ1) is 10.6. The summed E-state index contributed by atoms with van der Waals surface area (Å²) in [6, 6.07) is 9.35. The molecule has 1 amide bonds. The van der Waals surface area contributed by atoms with Crippen LogP contribution in [0.4, 0.5) is 5.95 Å². The van der Waals surface area contributed by atoms with Crippen molar-refractivity contribution < 1.29 is 4.79 Å². The maximum atomic E-state index is 12.1. The fourth-order valence-corrected chi connectivity index (χ4v) is 2.17. The number of carbonyl (C=O) groups is 1. The van der Waals surface area contributed by atoms with Gasteiger partial charge in [0, 0.05) is 18.0 Å². The fourth-order valence-electron chi connectivity index (χ4n) is 1.97. The highest BCUT2D eigenvalue weighted by atomic mass is 35.5. The molecular formula is C15H12ClN5O. The molecule has 0 aliphatic rings. The molecule has 3 aromatic rings. The van der Waals surface area contributed by atoms with Gasteiger partial charge in [0.2, 0.25) is 5.95 Å². The number of aromatic nitrogens is 4. The van der Waals surface area contributed by atoms with Gasteiger partial charge in [-0.3, -0.25) is 20.2 Å². The van der Waals surface area contributed by atoms with Gasteiger partial charge in [-0.05, 0) is 19.1 Å². The largest absolute Gasteiger partial charge is 0.289 e. The summed E-state index contributed by atoms with van der Waals surface area (Å²) < 4.78 is 0.